The van der Waals surface area contributed by atoms with E-state index < -0.39 is 17.1 Å². The highest BCUT2D eigenvalue weighted by Crippen LogP contribution is 2.52. The van der Waals surface area contributed by atoms with Crippen molar-refractivity contribution < 1.29 is 33.0 Å². The zero-order valence-electron chi connectivity index (χ0n) is 21.7. The van der Waals surface area contributed by atoms with Gasteiger partial charge >= 0.3 is 0 Å². The summed E-state index contributed by atoms with van der Waals surface area (Å²) in [6, 6.07) is 9.28. The Bertz CT molecular complexity index is 1280. The lowest BCUT2D eigenvalue weighted by Gasteiger charge is -2.40. The zero-order chi connectivity index (χ0) is 27.6. The van der Waals surface area contributed by atoms with Crippen molar-refractivity contribution in [2.75, 3.05) is 59.2 Å². The van der Waals surface area contributed by atoms with Gasteiger partial charge in [-0.2, -0.15) is 0 Å². The molecule has 2 aromatic rings. The highest BCUT2D eigenvalue weighted by molar-refractivity contribution is 6.33. The summed E-state index contributed by atoms with van der Waals surface area (Å²) in [5, 5.41) is 2.97. The number of halogens is 2. The predicted molar refractivity (Wildman–Crippen MR) is 141 cm³/mol. The first kappa shape index (κ1) is 27.2. The van der Waals surface area contributed by atoms with Crippen molar-refractivity contribution in [1.29, 1.82) is 0 Å². The van der Waals surface area contributed by atoms with Gasteiger partial charge in [0.05, 0.1) is 30.3 Å². The maximum atomic E-state index is 13.6. The molecule has 0 unspecified atom stereocenters. The van der Waals surface area contributed by atoms with Crippen LogP contribution < -0.4 is 14.8 Å². The van der Waals surface area contributed by atoms with E-state index in [0.29, 0.717) is 37.6 Å². The first-order chi connectivity index (χ1) is 18.8. The van der Waals surface area contributed by atoms with Crippen LogP contribution in [0.15, 0.2) is 36.4 Å². The molecule has 1 saturated heterocycles. The van der Waals surface area contributed by atoms with Crippen molar-refractivity contribution in [2.45, 2.75) is 19.3 Å². The molecule has 6 rings (SSSR count). The van der Waals surface area contributed by atoms with Gasteiger partial charge in [0.15, 0.2) is 11.5 Å². The number of amides is 3. The standard InChI is InChI=1S/C28H31ClFN3O6/c1-2-37-14-25(35)33-12-21-19-5-3-6-23-26(19)39-17-28(21,16-33)15-31-24(34)13-32(9-4-10-38-23)27(36)20-8-7-18(30)11-22(20)29/h3,5-8,11,21H,2,4,9-10,12-17H2,1H3,(H,31,34)/t21-,28+/m0/s1. The van der Waals surface area contributed by atoms with Gasteiger partial charge < -0.3 is 29.3 Å². The first-order valence-corrected chi connectivity index (χ1v) is 13.4. The summed E-state index contributed by atoms with van der Waals surface area (Å²) in [5.41, 5.74) is 0.496. The molecule has 1 fully saturated rings. The van der Waals surface area contributed by atoms with E-state index in [1.54, 1.807) is 4.90 Å². The largest absolute Gasteiger partial charge is 0.490 e. The SMILES string of the molecule is CCOCC(=O)N1C[C@H]2c3cccc4c3OC[C@@]2(CNC(=O)CN(C(=O)c2ccc(F)cc2Cl)CCCO4)C1. The molecular formula is C28H31ClFN3O6. The molecule has 2 atom stereocenters. The molecule has 4 aliphatic heterocycles. The zero-order valence-corrected chi connectivity index (χ0v) is 22.5. The molecule has 0 aromatic heterocycles. The van der Waals surface area contributed by atoms with E-state index in [9.17, 15) is 18.8 Å². The van der Waals surface area contributed by atoms with Gasteiger partial charge in [0.2, 0.25) is 11.8 Å². The average molecular weight is 560 g/mol. The Hall–Kier alpha value is -3.37. The molecule has 1 spiro atoms. The second kappa shape index (κ2) is 11.4. The van der Waals surface area contributed by atoms with Crippen molar-refractivity contribution in [3.05, 3.63) is 58.4 Å². The number of carbonyl (C=O) groups is 3. The van der Waals surface area contributed by atoms with E-state index in [0.717, 1.165) is 17.7 Å². The van der Waals surface area contributed by atoms with Gasteiger partial charge in [-0.3, -0.25) is 14.4 Å². The minimum absolute atomic E-state index is 0.00839. The van der Waals surface area contributed by atoms with Crippen molar-refractivity contribution in [2.24, 2.45) is 5.41 Å². The molecule has 208 valence electrons. The van der Waals surface area contributed by atoms with Gasteiger partial charge in [0, 0.05) is 49.7 Å². The monoisotopic (exact) mass is 559 g/mol. The fourth-order valence-electron chi connectivity index (χ4n) is 5.56. The minimum atomic E-state index is -0.567. The summed E-state index contributed by atoms with van der Waals surface area (Å²) in [6.07, 6.45) is 0.439. The lowest BCUT2D eigenvalue weighted by atomic mass is 9.73. The quantitative estimate of drug-likeness (QED) is 0.619. The number of fused-ring (bicyclic) bond motifs is 9. The van der Waals surface area contributed by atoms with Gasteiger partial charge in [0.25, 0.3) is 5.91 Å². The maximum Gasteiger partial charge on any atom is 0.255 e. The molecule has 9 nitrogen and oxygen atoms in total. The van der Waals surface area contributed by atoms with Crippen LogP contribution >= 0.6 is 11.6 Å². The minimum Gasteiger partial charge on any atom is -0.490 e. The molecule has 0 radical (unpaired) electrons. The Kier molecular flexibility index (Phi) is 7.95. The number of nitrogens with zero attached hydrogens (tertiary/aromatic N) is 2. The van der Waals surface area contributed by atoms with Crippen molar-refractivity contribution in [1.82, 2.24) is 15.1 Å². The van der Waals surface area contributed by atoms with Gasteiger partial charge in [-0.15, -0.1) is 0 Å². The number of likely N-dealkylation sites (tertiary alicyclic amines) is 1. The number of ether oxygens (including phenoxy) is 3. The average Bonchev–Trinajstić information content (AvgIpc) is 3.32. The molecule has 4 bridgehead atoms. The summed E-state index contributed by atoms with van der Waals surface area (Å²) in [7, 11) is 0. The Labute approximate surface area is 231 Å². The Morgan fingerprint density at radius 2 is 2.08 bits per heavy atom. The molecule has 3 amide bonds. The summed E-state index contributed by atoms with van der Waals surface area (Å²) in [6.45, 7) is 3.96. The topological polar surface area (TPSA) is 97.4 Å². The van der Waals surface area contributed by atoms with Gasteiger partial charge in [0.1, 0.15) is 12.4 Å². The third-order valence-corrected chi connectivity index (χ3v) is 7.88. The summed E-state index contributed by atoms with van der Waals surface area (Å²) in [4.78, 5) is 42.5. The number of nitrogens with one attached hydrogen (secondary N) is 1. The van der Waals surface area contributed by atoms with Crippen LogP contribution in [0.2, 0.25) is 5.02 Å². The van der Waals surface area contributed by atoms with E-state index in [2.05, 4.69) is 5.32 Å². The van der Waals surface area contributed by atoms with Crippen molar-refractivity contribution in [3.8, 4) is 11.5 Å². The van der Waals surface area contributed by atoms with E-state index in [1.165, 1.54) is 11.0 Å². The van der Waals surface area contributed by atoms with Gasteiger partial charge in [-0.25, -0.2) is 4.39 Å². The first-order valence-electron chi connectivity index (χ1n) is 13.1. The smallest absolute Gasteiger partial charge is 0.255 e. The predicted octanol–water partition coefficient (Wildman–Crippen LogP) is 2.86. The lowest BCUT2D eigenvalue weighted by Crippen LogP contribution is -2.50. The number of hydrogen-bond acceptors (Lipinski definition) is 6. The van der Waals surface area contributed by atoms with E-state index in [4.69, 9.17) is 25.8 Å². The summed E-state index contributed by atoms with van der Waals surface area (Å²) < 4.78 is 31.2. The molecule has 2 aromatic carbocycles. The van der Waals surface area contributed by atoms with Gasteiger partial charge in [-0.1, -0.05) is 23.7 Å². The maximum absolute atomic E-state index is 13.6. The summed E-state index contributed by atoms with van der Waals surface area (Å²) >= 11 is 6.14. The number of para-hydroxylation sites is 1. The van der Waals surface area contributed by atoms with Crippen LogP contribution in [-0.4, -0.2) is 86.7 Å². The van der Waals surface area contributed by atoms with E-state index >= 15 is 0 Å². The van der Waals surface area contributed by atoms with E-state index in [1.807, 2.05) is 25.1 Å². The van der Waals surface area contributed by atoms with Crippen LogP contribution in [-0.2, 0) is 14.3 Å². The number of benzene rings is 2. The highest BCUT2D eigenvalue weighted by Gasteiger charge is 2.53. The molecule has 4 heterocycles. The van der Waals surface area contributed by atoms with Crippen LogP contribution in [0.3, 0.4) is 0 Å². The van der Waals surface area contributed by atoms with Crippen LogP contribution in [0.4, 0.5) is 4.39 Å². The van der Waals surface area contributed by atoms with Crippen molar-refractivity contribution >= 4 is 29.3 Å². The lowest BCUT2D eigenvalue weighted by molar-refractivity contribution is -0.135. The Morgan fingerprint density at radius 3 is 2.87 bits per heavy atom. The Morgan fingerprint density at radius 1 is 1.23 bits per heavy atom. The molecule has 0 saturated carbocycles. The van der Waals surface area contributed by atoms with Crippen LogP contribution in [0.25, 0.3) is 0 Å². The molecule has 11 heteroatoms. The number of rotatable bonds is 4. The molecule has 4 aliphatic rings. The third-order valence-electron chi connectivity index (χ3n) is 7.57. The van der Waals surface area contributed by atoms with Crippen molar-refractivity contribution in [3.63, 3.8) is 0 Å². The van der Waals surface area contributed by atoms with Crippen LogP contribution in [0.1, 0.15) is 35.2 Å². The third kappa shape index (κ3) is 5.53. The molecular weight excluding hydrogens is 529 g/mol. The summed E-state index contributed by atoms with van der Waals surface area (Å²) in [5.74, 6) is -0.338. The van der Waals surface area contributed by atoms with Crippen LogP contribution in [0.5, 0.6) is 11.5 Å². The fraction of sp³-hybridized carbons (Fsp3) is 0.464. The molecule has 0 aliphatic carbocycles. The normalized spacial score (nSPS) is 22.8. The fourth-order valence-corrected chi connectivity index (χ4v) is 5.81. The molecule has 39 heavy (non-hydrogen) atoms. The van der Waals surface area contributed by atoms with Gasteiger partial charge in [-0.05, 0) is 37.6 Å². The molecule has 1 N–H and O–H groups in total. The number of hydrogen-bond donors (Lipinski definition) is 1. The second-order valence-electron chi connectivity index (χ2n) is 10.1. The number of carbonyl (C=O) groups excluding carboxylic acids is 3. The highest BCUT2D eigenvalue weighted by atomic mass is 35.5. The Balaban J connectivity index is 1.43. The second-order valence-corrected chi connectivity index (χ2v) is 10.5. The van der Waals surface area contributed by atoms with E-state index in [-0.39, 0.29) is 67.8 Å². The van der Waals surface area contributed by atoms with Crippen LogP contribution in [0, 0.1) is 11.2 Å².